The number of hydrogen-bond acceptors (Lipinski definition) is 6. The SMILES string of the molecule is CCOC(=O)c1c(NC(=O)c2ccccc2OC)oc(C)c1C(C)=O. The van der Waals surface area contributed by atoms with Gasteiger partial charge in [-0.1, -0.05) is 12.1 Å². The molecule has 2 rings (SSSR count). The summed E-state index contributed by atoms with van der Waals surface area (Å²) in [5, 5.41) is 2.52. The highest BCUT2D eigenvalue weighted by Gasteiger charge is 2.29. The number of ketones is 1. The Labute approximate surface area is 144 Å². The van der Waals surface area contributed by atoms with E-state index in [1.165, 1.54) is 21.0 Å². The lowest BCUT2D eigenvalue weighted by Gasteiger charge is -2.09. The third-order valence-electron chi connectivity index (χ3n) is 3.49. The summed E-state index contributed by atoms with van der Waals surface area (Å²) in [4.78, 5) is 36.6. The van der Waals surface area contributed by atoms with E-state index in [0.29, 0.717) is 5.75 Å². The highest BCUT2D eigenvalue weighted by Crippen LogP contribution is 2.29. The molecule has 0 fully saturated rings. The molecular formula is C18H19NO6. The molecule has 25 heavy (non-hydrogen) atoms. The Balaban J connectivity index is 2.45. The highest BCUT2D eigenvalue weighted by atomic mass is 16.5. The van der Waals surface area contributed by atoms with Gasteiger partial charge in [0.2, 0.25) is 5.88 Å². The molecule has 0 unspecified atom stereocenters. The Hall–Kier alpha value is -3.09. The fraction of sp³-hybridized carbons (Fsp3) is 0.278. The number of anilines is 1. The van der Waals surface area contributed by atoms with Gasteiger partial charge in [0.1, 0.15) is 17.1 Å². The first kappa shape index (κ1) is 18.3. The summed E-state index contributed by atoms with van der Waals surface area (Å²) in [5.74, 6) is -1.16. The van der Waals surface area contributed by atoms with Crippen LogP contribution in [0.1, 0.15) is 50.7 Å². The molecule has 0 saturated carbocycles. The highest BCUT2D eigenvalue weighted by molar-refractivity contribution is 6.13. The molecule has 1 aromatic heterocycles. The lowest BCUT2D eigenvalue weighted by atomic mass is 10.1. The summed E-state index contributed by atoms with van der Waals surface area (Å²) in [6.45, 7) is 4.62. The van der Waals surface area contributed by atoms with Crippen LogP contribution in [-0.4, -0.2) is 31.4 Å². The second-order valence-electron chi connectivity index (χ2n) is 5.17. The number of aryl methyl sites for hydroxylation is 1. The van der Waals surface area contributed by atoms with E-state index in [9.17, 15) is 14.4 Å². The molecule has 7 nitrogen and oxygen atoms in total. The van der Waals surface area contributed by atoms with Gasteiger partial charge in [0.05, 0.1) is 24.8 Å². The summed E-state index contributed by atoms with van der Waals surface area (Å²) < 4.78 is 15.6. The zero-order chi connectivity index (χ0) is 18.6. The van der Waals surface area contributed by atoms with Crippen LogP contribution < -0.4 is 10.1 Å². The van der Waals surface area contributed by atoms with Crippen LogP contribution in [0.15, 0.2) is 28.7 Å². The molecule has 2 aromatic rings. The van der Waals surface area contributed by atoms with Crippen molar-refractivity contribution < 1.29 is 28.3 Å². The number of carbonyl (C=O) groups is 3. The quantitative estimate of drug-likeness (QED) is 0.638. The van der Waals surface area contributed by atoms with E-state index in [1.807, 2.05) is 0 Å². The van der Waals surface area contributed by atoms with Crippen molar-refractivity contribution in [2.24, 2.45) is 0 Å². The maximum absolute atomic E-state index is 12.5. The fourth-order valence-corrected chi connectivity index (χ4v) is 2.46. The van der Waals surface area contributed by atoms with Crippen molar-refractivity contribution in [1.82, 2.24) is 0 Å². The predicted octanol–water partition coefficient (Wildman–Crippen LogP) is 3.23. The van der Waals surface area contributed by atoms with Crippen LogP contribution in [0.25, 0.3) is 0 Å². The molecule has 1 N–H and O–H groups in total. The fourth-order valence-electron chi connectivity index (χ4n) is 2.46. The van der Waals surface area contributed by atoms with E-state index in [4.69, 9.17) is 13.9 Å². The Kier molecular flexibility index (Phi) is 5.59. The van der Waals surface area contributed by atoms with Gasteiger partial charge in [-0.05, 0) is 32.9 Å². The molecule has 0 spiro atoms. The Morgan fingerprint density at radius 1 is 1.16 bits per heavy atom. The average Bonchev–Trinajstić information content (AvgIpc) is 2.91. The molecule has 0 radical (unpaired) electrons. The van der Waals surface area contributed by atoms with Crippen molar-refractivity contribution in [1.29, 1.82) is 0 Å². The maximum atomic E-state index is 12.5. The molecule has 0 atom stereocenters. The summed E-state index contributed by atoms with van der Waals surface area (Å²) in [5.41, 5.74) is 0.266. The van der Waals surface area contributed by atoms with E-state index in [2.05, 4.69) is 5.32 Å². The number of ether oxygens (including phenoxy) is 2. The normalized spacial score (nSPS) is 10.2. The van der Waals surface area contributed by atoms with E-state index in [1.54, 1.807) is 31.2 Å². The van der Waals surface area contributed by atoms with E-state index >= 15 is 0 Å². The molecule has 0 aliphatic heterocycles. The van der Waals surface area contributed by atoms with Crippen LogP contribution in [0.3, 0.4) is 0 Å². The summed E-state index contributed by atoms with van der Waals surface area (Å²) in [7, 11) is 1.45. The van der Waals surface area contributed by atoms with Crippen molar-refractivity contribution in [3.05, 3.63) is 46.7 Å². The molecular weight excluding hydrogens is 326 g/mol. The van der Waals surface area contributed by atoms with Gasteiger partial charge >= 0.3 is 5.97 Å². The number of esters is 1. The number of furan rings is 1. The molecule has 7 heteroatoms. The van der Waals surface area contributed by atoms with Gasteiger partial charge in [0.25, 0.3) is 5.91 Å². The van der Waals surface area contributed by atoms with Gasteiger partial charge < -0.3 is 13.9 Å². The average molecular weight is 345 g/mol. The first-order valence-electron chi connectivity index (χ1n) is 7.66. The second kappa shape index (κ2) is 7.65. The molecule has 0 saturated heterocycles. The molecule has 0 aliphatic rings. The molecule has 1 aromatic carbocycles. The topological polar surface area (TPSA) is 94.8 Å². The lowest BCUT2D eigenvalue weighted by Crippen LogP contribution is -2.17. The van der Waals surface area contributed by atoms with Gasteiger partial charge in [-0.15, -0.1) is 0 Å². The molecule has 0 bridgehead atoms. The summed E-state index contributed by atoms with van der Waals surface area (Å²) in [6, 6.07) is 6.61. The van der Waals surface area contributed by atoms with E-state index in [-0.39, 0.29) is 40.7 Å². The summed E-state index contributed by atoms with van der Waals surface area (Å²) in [6.07, 6.45) is 0. The van der Waals surface area contributed by atoms with Crippen LogP contribution in [0.5, 0.6) is 5.75 Å². The smallest absolute Gasteiger partial charge is 0.344 e. The largest absolute Gasteiger partial charge is 0.496 e. The summed E-state index contributed by atoms with van der Waals surface area (Å²) >= 11 is 0. The zero-order valence-electron chi connectivity index (χ0n) is 14.5. The standard InChI is InChI=1S/C18H19NO6/c1-5-24-18(22)15-14(10(2)20)11(3)25-17(15)19-16(21)12-8-6-7-9-13(12)23-4/h6-9H,5H2,1-4H3,(H,19,21). The predicted molar refractivity (Wildman–Crippen MR) is 90.4 cm³/mol. The van der Waals surface area contributed by atoms with Gasteiger partial charge in [-0.3, -0.25) is 14.9 Å². The third-order valence-corrected chi connectivity index (χ3v) is 3.49. The number of para-hydroxylation sites is 1. The zero-order valence-corrected chi connectivity index (χ0v) is 14.5. The van der Waals surface area contributed by atoms with Crippen LogP contribution in [0, 0.1) is 6.92 Å². The number of methoxy groups -OCH3 is 1. The van der Waals surface area contributed by atoms with Gasteiger partial charge in [0.15, 0.2) is 5.78 Å². The minimum absolute atomic E-state index is 0.0879. The van der Waals surface area contributed by atoms with Gasteiger partial charge in [0, 0.05) is 0 Å². The first-order valence-corrected chi connectivity index (χ1v) is 7.66. The van der Waals surface area contributed by atoms with Crippen molar-refractivity contribution in [3.63, 3.8) is 0 Å². The molecule has 0 aliphatic carbocycles. The number of nitrogens with one attached hydrogen (secondary N) is 1. The minimum atomic E-state index is -0.736. The van der Waals surface area contributed by atoms with Crippen LogP contribution in [0.2, 0.25) is 0 Å². The maximum Gasteiger partial charge on any atom is 0.344 e. The Morgan fingerprint density at radius 3 is 2.44 bits per heavy atom. The molecule has 132 valence electrons. The van der Waals surface area contributed by atoms with Crippen molar-refractivity contribution in [3.8, 4) is 5.75 Å². The number of carbonyl (C=O) groups excluding carboxylic acids is 3. The third kappa shape index (κ3) is 3.71. The lowest BCUT2D eigenvalue weighted by molar-refractivity contribution is 0.0524. The number of Topliss-reactive ketones (excluding diaryl/α,β-unsaturated/α-hetero) is 1. The number of hydrogen-bond donors (Lipinski definition) is 1. The number of rotatable bonds is 6. The molecule has 1 heterocycles. The van der Waals surface area contributed by atoms with Crippen molar-refractivity contribution in [2.75, 3.05) is 19.0 Å². The van der Waals surface area contributed by atoms with Gasteiger partial charge in [-0.25, -0.2) is 4.79 Å². The minimum Gasteiger partial charge on any atom is -0.496 e. The van der Waals surface area contributed by atoms with E-state index < -0.39 is 11.9 Å². The van der Waals surface area contributed by atoms with Crippen molar-refractivity contribution >= 4 is 23.5 Å². The second-order valence-corrected chi connectivity index (χ2v) is 5.17. The number of amides is 1. The monoisotopic (exact) mass is 345 g/mol. The molecule has 1 amide bonds. The van der Waals surface area contributed by atoms with Crippen molar-refractivity contribution in [2.45, 2.75) is 20.8 Å². The first-order chi connectivity index (χ1) is 11.9. The van der Waals surface area contributed by atoms with E-state index in [0.717, 1.165) is 0 Å². The number of benzene rings is 1. The van der Waals surface area contributed by atoms with Crippen LogP contribution >= 0.6 is 0 Å². The Morgan fingerprint density at radius 2 is 1.84 bits per heavy atom. The van der Waals surface area contributed by atoms with Crippen LogP contribution in [0.4, 0.5) is 5.88 Å². The Bertz CT molecular complexity index is 821. The van der Waals surface area contributed by atoms with Gasteiger partial charge in [-0.2, -0.15) is 0 Å². The van der Waals surface area contributed by atoms with Crippen LogP contribution in [-0.2, 0) is 4.74 Å².